The molecule has 2 aromatic rings. The third-order valence-corrected chi connectivity index (χ3v) is 6.29. The quantitative estimate of drug-likeness (QED) is 0.468. The highest BCUT2D eigenvalue weighted by molar-refractivity contribution is 9.10. The number of nitrogens with one attached hydrogen (secondary N) is 1. The SMILES string of the molecule is CCC(C(=O)NC(C)(C)C)N(CCc1ccccc1)C(=O)CSCc1ccc(Br)cc1. The van der Waals surface area contributed by atoms with Crippen molar-refractivity contribution in [2.24, 2.45) is 0 Å². The molecule has 0 bridgehead atoms. The van der Waals surface area contributed by atoms with Crippen molar-refractivity contribution in [1.82, 2.24) is 10.2 Å². The summed E-state index contributed by atoms with van der Waals surface area (Å²) in [5.74, 6) is 1.03. The molecule has 1 unspecified atom stereocenters. The molecule has 1 N–H and O–H groups in total. The minimum atomic E-state index is -0.469. The van der Waals surface area contributed by atoms with Crippen LogP contribution in [0.5, 0.6) is 0 Å². The second kappa shape index (κ2) is 12.3. The third-order valence-electron chi connectivity index (χ3n) is 4.78. The van der Waals surface area contributed by atoms with E-state index >= 15 is 0 Å². The number of halogens is 1. The number of hydrogen-bond donors (Lipinski definition) is 1. The normalized spacial score (nSPS) is 12.3. The van der Waals surface area contributed by atoms with E-state index in [1.807, 2.05) is 58.0 Å². The van der Waals surface area contributed by atoms with Crippen LogP contribution in [0.4, 0.5) is 0 Å². The van der Waals surface area contributed by atoms with Crippen LogP contribution in [0.25, 0.3) is 0 Å². The summed E-state index contributed by atoms with van der Waals surface area (Å²) in [6.07, 6.45) is 1.31. The van der Waals surface area contributed by atoms with Crippen molar-refractivity contribution in [2.45, 2.75) is 57.9 Å². The number of amides is 2. The fraction of sp³-hybridized carbons (Fsp3) is 0.440. The Bertz CT molecular complexity index is 835. The highest BCUT2D eigenvalue weighted by Gasteiger charge is 2.30. The van der Waals surface area contributed by atoms with Crippen LogP contribution in [-0.2, 0) is 21.8 Å². The van der Waals surface area contributed by atoms with Gasteiger partial charge >= 0.3 is 0 Å². The molecule has 1 atom stereocenters. The summed E-state index contributed by atoms with van der Waals surface area (Å²) in [4.78, 5) is 27.9. The van der Waals surface area contributed by atoms with Gasteiger partial charge in [0.05, 0.1) is 5.75 Å². The summed E-state index contributed by atoms with van der Waals surface area (Å²) in [5, 5.41) is 3.05. The van der Waals surface area contributed by atoms with E-state index < -0.39 is 6.04 Å². The molecule has 168 valence electrons. The van der Waals surface area contributed by atoms with Gasteiger partial charge in [-0.3, -0.25) is 9.59 Å². The van der Waals surface area contributed by atoms with Gasteiger partial charge in [0.25, 0.3) is 0 Å². The molecule has 0 saturated heterocycles. The lowest BCUT2D eigenvalue weighted by Gasteiger charge is -2.33. The maximum absolute atomic E-state index is 13.2. The molecule has 0 aliphatic rings. The lowest BCUT2D eigenvalue weighted by Crippen LogP contribution is -2.54. The maximum Gasteiger partial charge on any atom is 0.243 e. The Hall–Kier alpha value is -1.79. The number of thioether (sulfide) groups is 1. The second-order valence-corrected chi connectivity index (χ2v) is 10.5. The zero-order chi connectivity index (χ0) is 22.9. The van der Waals surface area contributed by atoms with E-state index in [1.165, 1.54) is 5.56 Å². The summed E-state index contributed by atoms with van der Waals surface area (Å²) in [7, 11) is 0. The van der Waals surface area contributed by atoms with Gasteiger partial charge in [-0.05, 0) is 56.9 Å². The zero-order valence-electron chi connectivity index (χ0n) is 18.9. The lowest BCUT2D eigenvalue weighted by molar-refractivity contribution is -0.139. The van der Waals surface area contributed by atoms with Gasteiger partial charge in [-0.1, -0.05) is 65.3 Å². The van der Waals surface area contributed by atoms with Crippen LogP contribution in [0.2, 0.25) is 0 Å². The molecule has 0 aliphatic carbocycles. The predicted molar refractivity (Wildman–Crippen MR) is 134 cm³/mol. The number of nitrogens with zero attached hydrogens (tertiary/aromatic N) is 1. The molecule has 2 amide bonds. The number of hydrogen-bond acceptors (Lipinski definition) is 3. The van der Waals surface area contributed by atoms with Gasteiger partial charge in [0.15, 0.2) is 0 Å². The number of rotatable bonds is 10. The van der Waals surface area contributed by atoms with Gasteiger partial charge in [0.1, 0.15) is 6.04 Å². The second-order valence-electron chi connectivity index (χ2n) is 8.61. The maximum atomic E-state index is 13.2. The average Bonchev–Trinajstić information content (AvgIpc) is 2.71. The first-order valence-corrected chi connectivity index (χ1v) is 12.6. The number of benzene rings is 2. The van der Waals surface area contributed by atoms with Crippen molar-refractivity contribution in [3.8, 4) is 0 Å². The highest BCUT2D eigenvalue weighted by Crippen LogP contribution is 2.18. The van der Waals surface area contributed by atoms with Gasteiger partial charge in [0.2, 0.25) is 11.8 Å². The van der Waals surface area contributed by atoms with Gasteiger partial charge in [-0.2, -0.15) is 0 Å². The molecule has 2 rings (SSSR count). The first-order valence-electron chi connectivity index (χ1n) is 10.7. The summed E-state index contributed by atoms with van der Waals surface area (Å²) < 4.78 is 1.04. The van der Waals surface area contributed by atoms with Gasteiger partial charge in [-0.15, -0.1) is 11.8 Å². The topological polar surface area (TPSA) is 49.4 Å². The Morgan fingerprint density at radius 2 is 1.68 bits per heavy atom. The Kier molecular flexibility index (Phi) is 10.1. The van der Waals surface area contributed by atoms with E-state index in [1.54, 1.807) is 16.7 Å². The number of carbonyl (C=O) groups excluding carboxylic acids is 2. The van der Waals surface area contributed by atoms with Crippen LogP contribution in [-0.4, -0.2) is 40.6 Å². The molecule has 0 heterocycles. The molecule has 0 spiro atoms. The highest BCUT2D eigenvalue weighted by atomic mass is 79.9. The number of carbonyl (C=O) groups is 2. The van der Waals surface area contributed by atoms with Gasteiger partial charge in [-0.25, -0.2) is 0 Å². The van der Waals surface area contributed by atoms with Crippen LogP contribution >= 0.6 is 27.7 Å². The van der Waals surface area contributed by atoms with Crippen LogP contribution in [0.15, 0.2) is 59.1 Å². The van der Waals surface area contributed by atoms with Crippen molar-refractivity contribution < 1.29 is 9.59 Å². The smallest absolute Gasteiger partial charge is 0.243 e. The molecule has 0 aromatic heterocycles. The monoisotopic (exact) mass is 504 g/mol. The minimum Gasteiger partial charge on any atom is -0.350 e. The van der Waals surface area contributed by atoms with Crippen LogP contribution in [0.3, 0.4) is 0 Å². The van der Waals surface area contributed by atoms with E-state index in [4.69, 9.17) is 0 Å². The molecule has 0 aliphatic heterocycles. The molecular weight excluding hydrogens is 472 g/mol. The molecule has 31 heavy (non-hydrogen) atoms. The first kappa shape index (κ1) is 25.5. The first-order chi connectivity index (χ1) is 14.7. The van der Waals surface area contributed by atoms with Gasteiger partial charge in [0, 0.05) is 22.3 Å². The summed E-state index contributed by atoms with van der Waals surface area (Å²) in [6, 6.07) is 17.8. The molecule has 0 radical (unpaired) electrons. The summed E-state index contributed by atoms with van der Waals surface area (Å²) in [6.45, 7) is 8.37. The van der Waals surface area contributed by atoms with Crippen molar-refractivity contribution in [3.63, 3.8) is 0 Å². The lowest BCUT2D eigenvalue weighted by atomic mass is 10.1. The third kappa shape index (κ3) is 9.08. The van der Waals surface area contributed by atoms with Crippen molar-refractivity contribution in [2.75, 3.05) is 12.3 Å². The van der Waals surface area contributed by atoms with Crippen LogP contribution in [0, 0.1) is 0 Å². The Balaban J connectivity index is 2.07. The fourth-order valence-corrected chi connectivity index (χ4v) is 4.40. The van der Waals surface area contributed by atoms with E-state index in [2.05, 4.69) is 45.5 Å². The van der Waals surface area contributed by atoms with Crippen molar-refractivity contribution >= 4 is 39.5 Å². The largest absolute Gasteiger partial charge is 0.350 e. The molecular formula is C25H33BrN2O2S. The fourth-order valence-electron chi connectivity index (χ4n) is 3.27. The standard InChI is InChI=1S/C25H33BrN2O2S/c1-5-22(24(30)27-25(2,3)4)28(16-15-19-9-7-6-8-10-19)23(29)18-31-17-20-11-13-21(26)14-12-20/h6-14,22H,5,15-18H2,1-4H3,(H,27,30). The molecule has 4 nitrogen and oxygen atoms in total. The van der Waals surface area contributed by atoms with E-state index in [0.717, 1.165) is 22.2 Å². The molecule has 0 saturated carbocycles. The zero-order valence-corrected chi connectivity index (χ0v) is 21.3. The Morgan fingerprint density at radius 1 is 1.03 bits per heavy atom. The molecule has 0 fully saturated rings. The van der Waals surface area contributed by atoms with E-state index in [0.29, 0.717) is 18.7 Å². The predicted octanol–water partition coefficient (Wildman–Crippen LogP) is 5.45. The van der Waals surface area contributed by atoms with Crippen molar-refractivity contribution in [3.05, 3.63) is 70.2 Å². The average molecular weight is 506 g/mol. The molecule has 6 heteroatoms. The van der Waals surface area contributed by atoms with Crippen LogP contribution < -0.4 is 5.32 Å². The minimum absolute atomic E-state index is 0.00829. The van der Waals surface area contributed by atoms with Gasteiger partial charge < -0.3 is 10.2 Å². The van der Waals surface area contributed by atoms with E-state index in [-0.39, 0.29) is 17.4 Å². The van der Waals surface area contributed by atoms with E-state index in [9.17, 15) is 9.59 Å². The van der Waals surface area contributed by atoms with Crippen molar-refractivity contribution in [1.29, 1.82) is 0 Å². The summed E-state index contributed by atoms with van der Waals surface area (Å²) >= 11 is 5.03. The Labute approximate surface area is 199 Å². The molecule has 2 aromatic carbocycles. The Morgan fingerprint density at radius 3 is 2.26 bits per heavy atom. The van der Waals surface area contributed by atoms with Crippen LogP contribution in [0.1, 0.15) is 45.2 Å². The summed E-state index contributed by atoms with van der Waals surface area (Å²) in [5.41, 5.74) is 2.00.